The number of hydrogen-bond acceptors (Lipinski definition) is 8. The maximum atomic E-state index is 13.2. The number of hydrogen-bond donors (Lipinski definition) is 0. The molecule has 9 nitrogen and oxygen atoms in total. The Balaban J connectivity index is 1.93. The van der Waals surface area contributed by atoms with Gasteiger partial charge in [0.15, 0.2) is 15.0 Å². The summed E-state index contributed by atoms with van der Waals surface area (Å²) in [6, 6.07) is 8.48. The number of benzene rings is 2. The van der Waals surface area contributed by atoms with E-state index < -0.39 is 32.2 Å². The Morgan fingerprint density at radius 3 is 2.39 bits per heavy atom. The zero-order chi connectivity index (χ0) is 24.2. The molecule has 2 aromatic carbocycles. The van der Waals surface area contributed by atoms with Gasteiger partial charge in [0.2, 0.25) is 5.91 Å². The van der Waals surface area contributed by atoms with Gasteiger partial charge in [-0.3, -0.25) is 19.8 Å². The molecule has 3 aromatic rings. The number of sulfone groups is 1. The summed E-state index contributed by atoms with van der Waals surface area (Å²) in [5.41, 5.74) is 0.375. The van der Waals surface area contributed by atoms with E-state index in [2.05, 4.69) is 9.88 Å². The Kier molecular flexibility index (Phi) is 7.72. The molecule has 0 aliphatic heterocycles. The molecule has 0 unspecified atom stereocenters. The molecular weight excluding hydrogens is 471 g/mol. The van der Waals surface area contributed by atoms with E-state index in [9.17, 15) is 27.7 Å². The van der Waals surface area contributed by atoms with Gasteiger partial charge in [0, 0.05) is 25.2 Å². The van der Waals surface area contributed by atoms with Crippen LogP contribution in [0.1, 0.15) is 13.8 Å². The highest BCUT2D eigenvalue weighted by atomic mass is 32.2. The summed E-state index contributed by atoms with van der Waals surface area (Å²) in [6.07, 6.45) is 0. The maximum Gasteiger partial charge on any atom is 0.270 e. The Labute approximate surface area is 194 Å². The number of thiazole rings is 1. The molecule has 33 heavy (non-hydrogen) atoms. The van der Waals surface area contributed by atoms with E-state index in [4.69, 9.17) is 0 Å². The monoisotopic (exact) mass is 494 g/mol. The van der Waals surface area contributed by atoms with E-state index in [-0.39, 0.29) is 22.3 Å². The summed E-state index contributed by atoms with van der Waals surface area (Å²) < 4.78 is 39.2. The summed E-state index contributed by atoms with van der Waals surface area (Å²) >= 11 is 1.08. The fourth-order valence-corrected chi connectivity index (χ4v) is 5.44. The molecule has 1 aromatic heterocycles. The molecule has 176 valence electrons. The average Bonchev–Trinajstić information content (AvgIpc) is 3.19. The highest BCUT2D eigenvalue weighted by Crippen LogP contribution is 2.31. The first-order valence-corrected chi connectivity index (χ1v) is 12.7. The molecule has 3 rings (SSSR count). The van der Waals surface area contributed by atoms with Crippen molar-refractivity contribution in [2.45, 2.75) is 18.7 Å². The maximum absolute atomic E-state index is 13.2. The third-order valence-electron chi connectivity index (χ3n) is 5.12. The number of halogens is 1. The van der Waals surface area contributed by atoms with Crippen LogP contribution < -0.4 is 4.90 Å². The number of anilines is 1. The first-order chi connectivity index (χ1) is 15.6. The largest absolute Gasteiger partial charge is 0.302 e. The molecule has 1 amide bonds. The third kappa shape index (κ3) is 5.89. The summed E-state index contributed by atoms with van der Waals surface area (Å²) in [5, 5.41) is 11.3. The SMILES string of the molecule is CCN(CC)CCN(C(=O)CS(=O)(=O)c1ccc(F)cc1)c1nc2ccc([N+](=O)[O-])cc2s1. The van der Waals surface area contributed by atoms with Crippen molar-refractivity contribution < 1.29 is 22.5 Å². The fourth-order valence-electron chi connectivity index (χ4n) is 3.20. The molecule has 0 aliphatic rings. The number of nitro benzene ring substituents is 1. The molecule has 0 saturated heterocycles. The van der Waals surface area contributed by atoms with E-state index in [0.29, 0.717) is 16.8 Å². The lowest BCUT2D eigenvalue weighted by molar-refractivity contribution is -0.384. The average molecular weight is 495 g/mol. The van der Waals surface area contributed by atoms with Gasteiger partial charge in [-0.05, 0) is 43.4 Å². The molecule has 0 N–H and O–H groups in total. The first kappa shape index (κ1) is 24.7. The molecule has 12 heteroatoms. The van der Waals surface area contributed by atoms with E-state index in [1.54, 1.807) is 0 Å². The van der Waals surface area contributed by atoms with Crippen LogP contribution in [0.15, 0.2) is 47.4 Å². The van der Waals surface area contributed by atoms with Crippen LogP contribution in [0.5, 0.6) is 0 Å². The van der Waals surface area contributed by atoms with Crippen molar-refractivity contribution in [3.05, 3.63) is 58.4 Å². The summed E-state index contributed by atoms with van der Waals surface area (Å²) in [4.78, 5) is 31.4. The number of nitro groups is 1. The molecular formula is C21H23FN4O5S2. The van der Waals surface area contributed by atoms with Gasteiger partial charge >= 0.3 is 0 Å². The van der Waals surface area contributed by atoms with Crippen LogP contribution in [0.2, 0.25) is 0 Å². The van der Waals surface area contributed by atoms with Crippen molar-refractivity contribution in [1.29, 1.82) is 0 Å². The Bertz CT molecular complexity index is 1260. The number of nitrogens with zero attached hydrogens (tertiary/aromatic N) is 4. The van der Waals surface area contributed by atoms with Gasteiger partial charge in [-0.2, -0.15) is 0 Å². The fraction of sp³-hybridized carbons (Fsp3) is 0.333. The number of fused-ring (bicyclic) bond motifs is 1. The zero-order valence-electron chi connectivity index (χ0n) is 18.1. The van der Waals surface area contributed by atoms with Crippen LogP contribution in [0.3, 0.4) is 0 Å². The minimum atomic E-state index is -4.01. The molecule has 0 saturated carbocycles. The zero-order valence-corrected chi connectivity index (χ0v) is 19.7. The van der Waals surface area contributed by atoms with Crippen LogP contribution in [0.4, 0.5) is 15.2 Å². The molecule has 0 bridgehead atoms. The summed E-state index contributed by atoms with van der Waals surface area (Å²) in [6.45, 7) is 6.14. The van der Waals surface area contributed by atoms with Crippen molar-refractivity contribution in [3.63, 3.8) is 0 Å². The van der Waals surface area contributed by atoms with Gasteiger partial charge in [-0.1, -0.05) is 25.2 Å². The highest BCUT2D eigenvalue weighted by molar-refractivity contribution is 7.92. The van der Waals surface area contributed by atoms with E-state index in [1.165, 1.54) is 23.1 Å². The minimum Gasteiger partial charge on any atom is -0.302 e. The van der Waals surface area contributed by atoms with Crippen molar-refractivity contribution in [2.24, 2.45) is 0 Å². The van der Waals surface area contributed by atoms with Gasteiger partial charge in [0.1, 0.15) is 11.6 Å². The number of carbonyl (C=O) groups excluding carboxylic acids is 1. The van der Waals surface area contributed by atoms with Gasteiger partial charge in [0.05, 0.1) is 20.0 Å². The lowest BCUT2D eigenvalue weighted by Crippen LogP contribution is -2.41. The van der Waals surface area contributed by atoms with Gasteiger partial charge in [-0.25, -0.2) is 17.8 Å². The number of carbonyl (C=O) groups is 1. The number of non-ortho nitro benzene ring substituents is 1. The van der Waals surface area contributed by atoms with E-state index in [0.717, 1.165) is 48.7 Å². The normalized spacial score (nSPS) is 11.8. The summed E-state index contributed by atoms with van der Waals surface area (Å²) in [7, 11) is -4.01. The Hall–Kier alpha value is -2.96. The second kappa shape index (κ2) is 10.3. The molecule has 1 heterocycles. The second-order valence-corrected chi connectivity index (χ2v) is 10.2. The predicted molar refractivity (Wildman–Crippen MR) is 125 cm³/mol. The van der Waals surface area contributed by atoms with Crippen LogP contribution in [-0.2, 0) is 14.6 Å². The van der Waals surface area contributed by atoms with Crippen LogP contribution in [0, 0.1) is 15.9 Å². The predicted octanol–water partition coefficient (Wildman–Crippen LogP) is 3.49. The van der Waals surface area contributed by atoms with Crippen molar-refractivity contribution in [1.82, 2.24) is 9.88 Å². The van der Waals surface area contributed by atoms with Crippen molar-refractivity contribution >= 4 is 48.1 Å². The smallest absolute Gasteiger partial charge is 0.270 e. The van der Waals surface area contributed by atoms with Crippen LogP contribution >= 0.6 is 11.3 Å². The van der Waals surface area contributed by atoms with Gasteiger partial charge in [-0.15, -0.1) is 0 Å². The van der Waals surface area contributed by atoms with Gasteiger partial charge < -0.3 is 4.90 Å². The number of likely N-dealkylation sites (N-methyl/N-ethyl adjacent to an activating group) is 1. The van der Waals surface area contributed by atoms with Crippen LogP contribution in [0.25, 0.3) is 10.2 Å². The van der Waals surface area contributed by atoms with Crippen LogP contribution in [-0.4, -0.2) is 61.1 Å². The number of rotatable bonds is 10. The lowest BCUT2D eigenvalue weighted by Gasteiger charge is -2.24. The Morgan fingerprint density at radius 2 is 1.79 bits per heavy atom. The quantitative estimate of drug-likeness (QED) is 0.241. The molecule has 0 atom stereocenters. The van der Waals surface area contributed by atoms with E-state index in [1.807, 2.05) is 13.8 Å². The van der Waals surface area contributed by atoms with Crippen molar-refractivity contribution in [2.75, 3.05) is 36.8 Å². The van der Waals surface area contributed by atoms with Crippen molar-refractivity contribution in [3.8, 4) is 0 Å². The first-order valence-electron chi connectivity index (χ1n) is 10.2. The Morgan fingerprint density at radius 1 is 1.12 bits per heavy atom. The molecule has 0 aliphatic carbocycles. The molecule has 0 spiro atoms. The topological polar surface area (TPSA) is 114 Å². The van der Waals surface area contributed by atoms with E-state index >= 15 is 0 Å². The summed E-state index contributed by atoms with van der Waals surface area (Å²) in [5.74, 6) is -2.07. The highest BCUT2D eigenvalue weighted by Gasteiger charge is 2.27. The molecule has 0 radical (unpaired) electrons. The minimum absolute atomic E-state index is 0.0994. The van der Waals surface area contributed by atoms with Gasteiger partial charge in [0.25, 0.3) is 5.69 Å². The molecule has 0 fully saturated rings. The third-order valence-corrected chi connectivity index (χ3v) is 7.78. The number of aromatic nitrogens is 1. The lowest BCUT2D eigenvalue weighted by atomic mass is 10.3. The second-order valence-electron chi connectivity index (χ2n) is 7.19. The standard InChI is InChI=1S/C21H23FN4O5S2/c1-3-24(4-2)11-12-25(20(27)14-33(30,31)17-8-5-15(22)6-9-17)21-23-18-10-7-16(26(28)29)13-19(18)32-21/h5-10,13H,3-4,11-12,14H2,1-2H3. The number of amides is 1.